The molecule has 2 atom stereocenters. The molecule has 0 radical (unpaired) electrons. The van der Waals surface area contributed by atoms with Gasteiger partial charge in [-0.05, 0) is 49.2 Å². The minimum atomic E-state index is -3.52. The number of rotatable bonds is 3. The summed E-state index contributed by atoms with van der Waals surface area (Å²) in [5.41, 5.74) is 2.86. The molecule has 1 saturated heterocycles. The Labute approximate surface area is 168 Å². The fraction of sp³-hybridized carbons (Fsp3) is 0.286. The van der Waals surface area contributed by atoms with Crippen molar-refractivity contribution in [2.75, 3.05) is 13.1 Å². The topological polar surface area (TPSA) is 49.7 Å². The number of sulfonamides is 1. The van der Waals surface area contributed by atoms with Crippen molar-refractivity contribution >= 4 is 37.9 Å². The predicted molar refractivity (Wildman–Crippen MR) is 112 cm³/mol. The molecule has 4 rings (SSSR count). The van der Waals surface area contributed by atoms with Crippen molar-refractivity contribution in [2.24, 2.45) is 10.9 Å². The van der Waals surface area contributed by atoms with Crippen molar-refractivity contribution in [1.29, 1.82) is 0 Å². The largest absolute Gasteiger partial charge is 0.260 e. The van der Waals surface area contributed by atoms with Crippen LogP contribution in [0.3, 0.4) is 0 Å². The van der Waals surface area contributed by atoms with E-state index in [1.54, 1.807) is 16.4 Å². The van der Waals surface area contributed by atoms with Gasteiger partial charge in [-0.3, -0.25) is 4.99 Å². The maximum atomic E-state index is 13.1. The van der Waals surface area contributed by atoms with E-state index in [0.717, 1.165) is 21.3 Å². The van der Waals surface area contributed by atoms with Crippen molar-refractivity contribution < 1.29 is 8.42 Å². The lowest BCUT2D eigenvalue weighted by atomic mass is 9.68. The number of nitrogens with zero attached hydrogens (tertiary/aromatic N) is 2. The molecule has 27 heavy (non-hydrogen) atoms. The number of hydrogen-bond acceptors (Lipinski definition) is 3. The standard InChI is InChI=1S/C21H21BrN2O2S/c1-3-16-13-24(27(25,26)18-7-4-15(2)5-8-18)11-10-21(16)14-23-20-9-6-17(22)12-19(20)21/h3-9,12,14,16H,1,10-11,13H2,2H3/t16-,21+/m0/s1. The number of halogens is 1. The van der Waals surface area contributed by atoms with Crippen molar-refractivity contribution in [2.45, 2.75) is 23.7 Å². The van der Waals surface area contributed by atoms with E-state index in [1.807, 2.05) is 43.5 Å². The third-order valence-electron chi connectivity index (χ3n) is 5.67. The van der Waals surface area contributed by atoms with E-state index in [2.05, 4.69) is 33.6 Å². The molecule has 2 heterocycles. The van der Waals surface area contributed by atoms with Crippen LogP contribution in [-0.2, 0) is 15.4 Å². The highest BCUT2D eigenvalue weighted by Crippen LogP contribution is 2.48. The molecule has 0 unspecified atom stereocenters. The zero-order valence-corrected chi connectivity index (χ0v) is 17.5. The summed E-state index contributed by atoms with van der Waals surface area (Å²) >= 11 is 3.55. The van der Waals surface area contributed by atoms with Gasteiger partial charge in [-0.15, -0.1) is 6.58 Å². The van der Waals surface area contributed by atoms with Crippen molar-refractivity contribution in [1.82, 2.24) is 4.31 Å². The van der Waals surface area contributed by atoms with E-state index >= 15 is 0 Å². The Morgan fingerprint density at radius 1 is 1.26 bits per heavy atom. The smallest absolute Gasteiger partial charge is 0.243 e. The zero-order chi connectivity index (χ0) is 19.2. The lowest BCUT2D eigenvalue weighted by molar-refractivity contribution is 0.237. The number of aryl methyl sites for hydroxylation is 1. The molecule has 2 aromatic rings. The molecule has 0 amide bonds. The molecule has 140 valence electrons. The summed E-state index contributed by atoms with van der Waals surface area (Å²) in [6.45, 7) is 6.81. The van der Waals surface area contributed by atoms with Crippen LogP contribution in [0.25, 0.3) is 0 Å². The van der Waals surface area contributed by atoms with Crippen LogP contribution >= 0.6 is 15.9 Å². The average molecular weight is 445 g/mol. The highest BCUT2D eigenvalue weighted by atomic mass is 79.9. The molecule has 2 aliphatic rings. The van der Waals surface area contributed by atoms with Gasteiger partial charge in [0.05, 0.1) is 10.6 Å². The molecule has 2 aliphatic heterocycles. The maximum absolute atomic E-state index is 13.1. The highest BCUT2D eigenvalue weighted by molar-refractivity contribution is 9.10. The summed E-state index contributed by atoms with van der Waals surface area (Å²) in [7, 11) is -3.52. The first-order valence-corrected chi connectivity index (χ1v) is 11.1. The number of aliphatic imine (C=N–C) groups is 1. The second-order valence-corrected chi connectivity index (χ2v) is 10.1. The number of hydrogen-bond donors (Lipinski definition) is 0. The van der Waals surface area contributed by atoms with E-state index in [-0.39, 0.29) is 11.3 Å². The second kappa shape index (κ2) is 6.69. The predicted octanol–water partition coefficient (Wildman–Crippen LogP) is 4.61. The molecule has 0 aliphatic carbocycles. The van der Waals surface area contributed by atoms with Gasteiger partial charge in [-0.2, -0.15) is 4.31 Å². The van der Waals surface area contributed by atoms with Crippen LogP contribution in [-0.4, -0.2) is 32.0 Å². The Morgan fingerprint density at radius 2 is 2.00 bits per heavy atom. The van der Waals surface area contributed by atoms with Crippen LogP contribution in [0.1, 0.15) is 17.5 Å². The van der Waals surface area contributed by atoms with Crippen LogP contribution in [0, 0.1) is 12.8 Å². The quantitative estimate of drug-likeness (QED) is 0.648. The fourth-order valence-electron chi connectivity index (χ4n) is 4.07. The maximum Gasteiger partial charge on any atom is 0.243 e. The van der Waals surface area contributed by atoms with Gasteiger partial charge in [-0.25, -0.2) is 8.42 Å². The summed E-state index contributed by atoms with van der Waals surface area (Å²) < 4.78 is 28.8. The van der Waals surface area contributed by atoms with E-state index in [0.29, 0.717) is 24.4 Å². The first-order chi connectivity index (χ1) is 12.9. The number of benzene rings is 2. The molecule has 1 spiro atoms. The van der Waals surface area contributed by atoms with Gasteiger partial charge in [0.1, 0.15) is 0 Å². The third-order valence-corrected chi connectivity index (χ3v) is 8.05. The molecule has 0 aromatic heterocycles. The minimum Gasteiger partial charge on any atom is -0.260 e. The lowest BCUT2D eigenvalue weighted by Gasteiger charge is -2.43. The molecule has 1 fully saturated rings. The van der Waals surface area contributed by atoms with E-state index in [1.165, 1.54) is 0 Å². The van der Waals surface area contributed by atoms with E-state index in [4.69, 9.17) is 0 Å². The Hall–Kier alpha value is -1.76. The Balaban J connectivity index is 1.68. The summed E-state index contributed by atoms with van der Waals surface area (Å²) in [5.74, 6) is -0.0363. The summed E-state index contributed by atoms with van der Waals surface area (Å²) in [6.07, 6.45) is 4.55. The van der Waals surface area contributed by atoms with Crippen molar-refractivity contribution in [3.63, 3.8) is 0 Å². The Morgan fingerprint density at radius 3 is 2.70 bits per heavy atom. The average Bonchev–Trinajstić information content (AvgIpc) is 3.01. The second-order valence-electron chi connectivity index (χ2n) is 7.23. The number of fused-ring (bicyclic) bond motifs is 2. The highest BCUT2D eigenvalue weighted by Gasteiger charge is 2.47. The SMILES string of the molecule is C=C[C@H]1CN(S(=O)(=O)c2ccc(C)cc2)CC[C@@]12C=Nc1ccc(Br)cc12. The Kier molecular flexibility index (Phi) is 4.61. The first kappa shape index (κ1) is 18.6. The molecule has 4 nitrogen and oxygen atoms in total. The molecular weight excluding hydrogens is 424 g/mol. The van der Waals surface area contributed by atoms with Crippen LogP contribution < -0.4 is 0 Å². The van der Waals surface area contributed by atoms with Crippen LogP contribution in [0.2, 0.25) is 0 Å². The van der Waals surface area contributed by atoms with Crippen molar-refractivity contribution in [3.8, 4) is 0 Å². The van der Waals surface area contributed by atoms with Crippen LogP contribution in [0.15, 0.2) is 69.5 Å². The molecular formula is C21H21BrN2O2S. The number of piperidine rings is 1. The van der Waals surface area contributed by atoms with Gasteiger partial charge in [0.15, 0.2) is 0 Å². The molecule has 0 N–H and O–H groups in total. The third kappa shape index (κ3) is 3.00. The van der Waals surface area contributed by atoms with Gasteiger partial charge >= 0.3 is 0 Å². The van der Waals surface area contributed by atoms with Gasteiger partial charge < -0.3 is 0 Å². The Bertz CT molecular complexity index is 1030. The monoisotopic (exact) mass is 444 g/mol. The fourth-order valence-corrected chi connectivity index (χ4v) is 5.90. The first-order valence-electron chi connectivity index (χ1n) is 8.91. The summed E-state index contributed by atoms with van der Waals surface area (Å²) in [4.78, 5) is 4.95. The van der Waals surface area contributed by atoms with Crippen LogP contribution in [0.5, 0.6) is 0 Å². The van der Waals surface area contributed by atoms with Crippen molar-refractivity contribution in [3.05, 3.63) is 70.7 Å². The summed E-state index contributed by atoms with van der Waals surface area (Å²) in [6, 6.07) is 13.1. The minimum absolute atomic E-state index is 0.0363. The molecule has 0 bridgehead atoms. The molecule has 0 saturated carbocycles. The van der Waals surface area contributed by atoms with E-state index < -0.39 is 10.0 Å². The van der Waals surface area contributed by atoms with Crippen LogP contribution in [0.4, 0.5) is 5.69 Å². The van der Waals surface area contributed by atoms with Gasteiger partial charge in [0, 0.05) is 35.1 Å². The van der Waals surface area contributed by atoms with Gasteiger partial charge in [0.2, 0.25) is 10.0 Å². The van der Waals surface area contributed by atoms with Gasteiger partial charge in [0.25, 0.3) is 0 Å². The zero-order valence-electron chi connectivity index (χ0n) is 15.1. The van der Waals surface area contributed by atoms with Gasteiger partial charge in [-0.1, -0.05) is 39.7 Å². The molecule has 2 aromatic carbocycles. The lowest BCUT2D eigenvalue weighted by Crippen LogP contribution is -2.51. The van der Waals surface area contributed by atoms with E-state index in [9.17, 15) is 8.42 Å². The summed E-state index contributed by atoms with van der Waals surface area (Å²) in [5, 5.41) is 0. The normalized spacial score (nSPS) is 24.9. The molecule has 6 heteroatoms.